The van der Waals surface area contributed by atoms with Gasteiger partial charge in [-0.3, -0.25) is 0 Å². The van der Waals surface area contributed by atoms with E-state index in [2.05, 4.69) is 38.1 Å². The molecule has 0 saturated heterocycles. The summed E-state index contributed by atoms with van der Waals surface area (Å²) in [5.74, 6) is 2.51. The van der Waals surface area contributed by atoms with E-state index in [4.69, 9.17) is 29.4 Å². The Hall–Kier alpha value is -6.43. The van der Waals surface area contributed by atoms with E-state index in [-0.39, 0.29) is 16.5 Å². The first kappa shape index (κ1) is 33.7. The zero-order valence-electron chi connectivity index (χ0n) is 28.9. The smallest absolute Gasteiger partial charge is 0.654 e. The van der Waals surface area contributed by atoms with Gasteiger partial charge >= 0.3 is 16.5 Å². The minimum atomic E-state index is 0. The largest absolute Gasteiger partial charge is 2.00 e. The second kappa shape index (κ2) is 14.3. The molecule has 0 spiro atoms. The maximum absolute atomic E-state index is 6.65. The zero-order chi connectivity index (χ0) is 35.0. The molecule has 4 aromatic carbocycles. The van der Waals surface area contributed by atoms with E-state index < -0.39 is 0 Å². The van der Waals surface area contributed by atoms with Crippen LogP contribution in [0.15, 0.2) is 133 Å². The minimum absolute atomic E-state index is 0. The molecule has 0 unspecified atom stereocenters. The monoisotopic (exact) mass is 730 g/mol. The number of aryl methyl sites for hydroxylation is 2. The molecule has 3 aromatic heterocycles. The first-order valence-electron chi connectivity index (χ1n) is 17.2. The molecule has 0 amide bonds. The summed E-state index contributed by atoms with van der Waals surface area (Å²) in [5, 5.41) is 0. The zero-order valence-corrected chi connectivity index (χ0v) is 29.9. The molecule has 2 aliphatic heterocycles. The van der Waals surface area contributed by atoms with E-state index in [0.717, 1.165) is 55.8 Å². The van der Waals surface area contributed by atoms with Crippen LogP contribution in [0.3, 0.4) is 0 Å². The predicted molar refractivity (Wildman–Crippen MR) is 210 cm³/mol. The molecule has 7 heteroatoms. The number of rotatable bonds is 6. The van der Waals surface area contributed by atoms with Gasteiger partial charge in [-0.15, -0.1) is 11.0 Å². The fourth-order valence-electron chi connectivity index (χ4n) is 6.49. The Kier molecular flexibility index (Phi) is 9.09. The molecule has 0 N–H and O–H groups in total. The fraction of sp³-hybridized carbons (Fsp3) is 0.0435. The number of benzene rings is 4. The van der Waals surface area contributed by atoms with Crippen LogP contribution in [0.5, 0.6) is 23.0 Å². The van der Waals surface area contributed by atoms with Crippen LogP contribution >= 0.6 is 0 Å². The van der Waals surface area contributed by atoms with Crippen molar-refractivity contribution in [2.75, 3.05) is 0 Å². The van der Waals surface area contributed by atoms with Gasteiger partial charge in [0.05, 0.1) is 17.1 Å². The molecule has 0 atom stereocenters. The molecule has 7 aromatic rings. The first-order chi connectivity index (χ1) is 25.6. The van der Waals surface area contributed by atoms with Gasteiger partial charge in [0.1, 0.15) is 22.9 Å². The average Bonchev–Trinajstić information content (AvgIpc) is 4.02. The van der Waals surface area contributed by atoms with Crippen molar-refractivity contribution in [1.29, 1.82) is 0 Å². The number of fused-ring (bicyclic) bond motifs is 8. The SMILES string of the molecule is Cc1ccc(Oc2c3nc(c(-c4ccccc4)c4ccc([n-]4)c(Oc4ccc(C)cc4)c4ccc([n-]4)c(-c4ccccc4)c4nc2C=C4)C=C3)cc1.[Ni+2]. The summed E-state index contributed by atoms with van der Waals surface area (Å²) in [7, 11) is 0. The molecule has 6 nitrogen and oxygen atoms in total. The van der Waals surface area contributed by atoms with Gasteiger partial charge in [0.25, 0.3) is 0 Å². The second-order valence-corrected chi connectivity index (χ2v) is 12.8. The average molecular weight is 731 g/mol. The molecule has 0 aliphatic carbocycles. The topological polar surface area (TPSA) is 72.4 Å². The Morgan fingerprint density at radius 3 is 1.21 bits per heavy atom. The number of hydrogen-bond acceptors (Lipinski definition) is 4. The van der Waals surface area contributed by atoms with Gasteiger partial charge in [0.15, 0.2) is 5.75 Å². The van der Waals surface area contributed by atoms with Gasteiger partial charge in [-0.05, 0) is 84.7 Å². The van der Waals surface area contributed by atoms with Crippen LogP contribution in [-0.4, -0.2) is 9.97 Å². The summed E-state index contributed by atoms with van der Waals surface area (Å²) in [5.41, 5.74) is 11.8. The van der Waals surface area contributed by atoms with Crippen molar-refractivity contribution in [2.24, 2.45) is 0 Å². The van der Waals surface area contributed by atoms with Crippen LogP contribution in [0.2, 0.25) is 0 Å². The van der Waals surface area contributed by atoms with E-state index >= 15 is 0 Å². The van der Waals surface area contributed by atoms with Crippen LogP contribution in [-0.2, 0) is 16.5 Å². The quantitative estimate of drug-likeness (QED) is 0.159. The van der Waals surface area contributed by atoms with Crippen molar-refractivity contribution in [1.82, 2.24) is 19.9 Å². The summed E-state index contributed by atoms with van der Waals surface area (Å²) in [4.78, 5) is 20.8. The van der Waals surface area contributed by atoms with Gasteiger partial charge in [-0.2, -0.15) is 0 Å². The second-order valence-electron chi connectivity index (χ2n) is 12.8. The van der Waals surface area contributed by atoms with E-state index in [1.807, 2.05) is 133 Å². The Balaban J connectivity index is 0.00000400. The molecular formula is C46H32N4NiO2. The van der Waals surface area contributed by atoms with E-state index in [9.17, 15) is 0 Å². The van der Waals surface area contributed by atoms with Crippen molar-refractivity contribution in [2.45, 2.75) is 13.8 Å². The van der Waals surface area contributed by atoms with Crippen molar-refractivity contribution in [3.8, 4) is 45.3 Å². The first-order valence-corrected chi connectivity index (χ1v) is 17.2. The van der Waals surface area contributed by atoms with Gasteiger partial charge in [0, 0.05) is 0 Å². The maximum atomic E-state index is 6.65. The van der Waals surface area contributed by atoms with Crippen LogP contribution in [0.4, 0.5) is 0 Å². The number of hydrogen-bond donors (Lipinski definition) is 0. The fourth-order valence-corrected chi connectivity index (χ4v) is 6.49. The van der Waals surface area contributed by atoms with Gasteiger partial charge in [-0.25, -0.2) is 9.97 Å². The molecule has 0 saturated carbocycles. The van der Waals surface area contributed by atoms with Crippen LogP contribution in [0, 0.1) is 13.8 Å². The third kappa shape index (κ3) is 6.71. The molecule has 0 fully saturated rings. The molecule has 53 heavy (non-hydrogen) atoms. The minimum Gasteiger partial charge on any atom is -0.654 e. The van der Waals surface area contributed by atoms with Crippen molar-refractivity contribution < 1.29 is 26.0 Å². The Bertz CT molecular complexity index is 2540. The maximum Gasteiger partial charge on any atom is 2.00 e. The molecule has 0 radical (unpaired) electrons. The van der Waals surface area contributed by atoms with Gasteiger partial charge in [-0.1, -0.05) is 131 Å². The predicted octanol–water partition coefficient (Wildman–Crippen LogP) is 11.4. The van der Waals surface area contributed by atoms with Crippen LogP contribution in [0.1, 0.15) is 33.9 Å². The van der Waals surface area contributed by atoms with Crippen LogP contribution < -0.4 is 19.4 Å². The molecule has 5 heterocycles. The van der Waals surface area contributed by atoms with E-state index in [0.29, 0.717) is 45.4 Å². The molecule has 258 valence electrons. The Morgan fingerprint density at radius 1 is 0.396 bits per heavy atom. The van der Waals surface area contributed by atoms with Crippen molar-refractivity contribution in [3.05, 3.63) is 167 Å². The summed E-state index contributed by atoms with van der Waals surface area (Å²) in [6.07, 6.45) is 8.02. The number of nitrogens with zero attached hydrogens (tertiary/aromatic N) is 4. The summed E-state index contributed by atoms with van der Waals surface area (Å²) in [6.45, 7) is 4.12. The number of aromatic nitrogens is 4. The van der Waals surface area contributed by atoms with Gasteiger partial charge in [0.2, 0.25) is 0 Å². The molecule has 2 aliphatic rings. The summed E-state index contributed by atoms with van der Waals surface area (Å²) in [6, 6.07) is 44.5. The number of ether oxygens (including phenoxy) is 2. The Morgan fingerprint density at radius 2 is 0.774 bits per heavy atom. The van der Waals surface area contributed by atoms with Crippen molar-refractivity contribution >= 4 is 46.4 Å². The normalized spacial score (nSPS) is 11.7. The van der Waals surface area contributed by atoms with E-state index in [1.54, 1.807) is 0 Å². The molecular weight excluding hydrogens is 699 g/mol. The molecule has 8 bridgehead atoms. The van der Waals surface area contributed by atoms with Crippen molar-refractivity contribution in [3.63, 3.8) is 0 Å². The van der Waals surface area contributed by atoms with Gasteiger partial charge < -0.3 is 19.4 Å². The third-order valence-electron chi connectivity index (χ3n) is 9.12. The summed E-state index contributed by atoms with van der Waals surface area (Å²) < 4.78 is 13.3. The van der Waals surface area contributed by atoms with E-state index in [1.165, 1.54) is 0 Å². The molecule has 9 rings (SSSR count). The Labute approximate surface area is 317 Å². The summed E-state index contributed by atoms with van der Waals surface area (Å²) >= 11 is 0. The standard InChI is InChI=1S/C46H32N4O2.Ni/c1-29-13-17-33(18-14-29)51-45-39-25-21-35(47-39)43(31-9-5-3-6-10-31)37-23-27-41(49-37)46(52-34-19-15-30(2)16-20-34)42-28-24-38(50-42)44(32-11-7-4-8-12-32)36-22-26-40(45)48-36;/h3-28H,1-2H3;/q-2;+2. The third-order valence-corrected chi connectivity index (χ3v) is 9.12. The van der Waals surface area contributed by atoms with Crippen LogP contribution in [0.25, 0.3) is 68.6 Å².